The van der Waals surface area contributed by atoms with E-state index in [2.05, 4.69) is 21.2 Å². The molecule has 1 amide bonds. The molecule has 3 aromatic rings. The van der Waals surface area contributed by atoms with E-state index in [0.717, 1.165) is 14.3 Å². The SMILES string of the molecule is O=C(CN(Cc1ccc(Cl)cc1)S(=O)(=O)c1ccccc1)Nc1cccc(Br)c1. The van der Waals surface area contributed by atoms with E-state index in [1.807, 2.05) is 6.07 Å². The highest BCUT2D eigenvalue weighted by Gasteiger charge is 2.26. The molecule has 3 aromatic carbocycles. The number of nitrogens with one attached hydrogen (secondary N) is 1. The minimum absolute atomic E-state index is 0.0420. The fourth-order valence-corrected chi connectivity index (χ4v) is 4.62. The molecular formula is C21H18BrClN2O3S. The van der Waals surface area contributed by atoms with E-state index >= 15 is 0 Å². The Hall–Kier alpha value is -2.19. The van der Waals surface area contributed by atoms with Gasteiger partial charge < -0.3 is 5.32 Å². The van der Waals surface area contributed by atoms with Crippen LogP contribution in [0.2, 0.25) is 5.02 Å². The number of rotatable bonds is 7. The Morgan fingerprint density at radius 1 is 0.966 bits per heavy atom. The summed E-state index contributed by atoms with van der Waals surface area (Å²) in [6, 6.07) is 22.0. The quantitative estimate of drug-likeness (QED) is 0.507. The van der Waals surface area contributed by atoms with Crippen LogP contribution in [0.1, 0.15) is 5.56 Å². The zero-order chi connectivity index (χ0) is 20.9. The summed E-state index contributed by atoms with van der Waals surface area (Å²) in [6.07, 6.45) is 0. The largest absolute Gasteiger partial charge is 0.325 e. The first-order valence-corrected chi connectivity index (χ1v) is 11.3. The van der Waals surface area contributed by atoms with Crippen LogP contribution >= 0.6 is 27.5 Å². The van der Waals surface area contributed by atoms with E-state index < -0.39 is 15.9 Å². The first kappa shape index (κ1) is 21.5. The second-order valence-electron chi connectivity index (χ2n) is 6.27. The Kier molecular flexibility index (Phi) is 7.08. The van der Waals surface area contributed by atoms with Gasteiger partial charge in [0, 0.05) is 21.7 Å². The van der Waals surface area contributed by atoms with E-state index in [9.17, 15) is 13.2 Å². The lowest BCUT2D eigenvalue weighted by Crippen LogP contribution is -2.37. The highest BCUT2D eigenvalue weighted by atomic mass is 79.9. The summed E-state index contributed by atoms with van der Waals surface area (Å²) in [7, 11) is -3.87. The maximum atomic E-state index is 13.2. The standard InChI is InChI=1S/C21H18BrClN2O3S/c22-17-5-4-6-19(13-17)24-21(26)15-25(14-16-9-11-18(23)12-10-16)29(27,28)20-7-2-1-3-8-20/h1-13H,14-15H2,(H,24,26). The number of nitrogens with zero attached hydrogens (tertiary/aromatic N) is 1. The molecule has 0 aliphatic heterocycles. The van der Waals surface area contributed by atoms with E-state index in [-0.39, 0.29) is 18.0 Å². The molecule has 29 heavy (non-hydrogen) atoms. The third-order valence-corrected chi connectivity index (χ3v) is 6.63. The average molecular weight is 494 g/mol. The summed E-state index contributed by atoms with van der Waals surface area (Å²) in [5, 5.41) is 3.29. The third-order valence-electron chi connectivity index (χ3n) is 4.08. The molecule has 0 heterocycles. The monoisotopic (exact) mass is 492 g/mol. The second kappa shape index (κ2) is 9.54. The number of benzene rings is 3. The van der Waals surface area contributed by atoms with Gasteiger partial charge in [0.25, 0.3) is 0 Å². The van der Waals surface area contributed by atoms with Crippen molar-refractivity contribution in [1.82, 2.24) is 4.31 Å². The van der Waals surface area contributed by atoms with E-state index in [1.165, 1.54) is 12.1 Å². The molecule has 0 spiro atoms. The van der Waals surface area contributed by atoms with Gasteiger partial charge in [-0.1, -0.05) is 63.9 Å². The first-order chi connectivity index (χ1) is 13.8. The Morgan fingerprint density at radius 3 is 2.31 bits per heavy atom. The van der Waals surface area contributed by atoms with Crippen LogP contribution in [-0.4, -0.2) is 25.2 Å². The predicted molar refractivity (Wildman–Crippen MR) is 118 cm³/mol. The Morgan fingerprint density at radius 2 is 1.66 bits per heavy atom. The van der Waals surface area contributed by atoms with Gasteiger partial charge in [-0.25, -0.2) is 8.42 Å². The summed E-state index contributed by atoms with van der Waals surface area (Å²) < 4.78 is 28.3. The zero-order valence-corrected chi connectivity index (χ0v) is 18.4. The maximum absolute atomic E-state index is 13.2. The fraction of sp³-hybridized carbons (Fsp3) is 0.0952. The van der Waals surface area contributed by atoms with Crippen LogP contribution in [0.15, 0.2) is 88.2 Å². The lowest BCUT2D eigenvalue weighted by atomic mass is 10.2. The van der Waals surface area contributed by atoms with Crippen LogP contribution < -0.4 is 5.32 Å². The normalized spacial score (nSPS) is 11.4. The molecule has 0 aromatic heterocycles. The van der Waals surface area contributed by atoms with Gasteiger partial charge >= 0.3 is 0 Å². The lowest BCUT2D eigenvalue weighted by Gasteiger charge is -2.22. The molecule has 0 aliphatic carbocycles. The van der Waals surface area contributed by atoms with Gasteiger partial charge in [-0.15, -0.1) is 0 Å². The van der Waals surface area contributed by atoms with Crippen LogP contribution in [0.25, 0.3) is 0 Å². The van der Waals surface area contributed by atoms with Crippen LogP contribution in [0.5, 0.6) is 0 Å². The fourth-order valence-electron chi connectivity index (χ4n) is 2.69. The van der Waals surface area contributed by atoms with Gasteiger partial charge in [-0.05, 0) is 48.0 Å². The van der Waals surface area contributed by atoms with Gasteiger partial charge in [0.05, 0.1) is 11.4 Å². The molecule has 1 N–H and O–H groups in total. The number of carbonyl (C=O) groups excluding carboxylic acids is 1. The van der Waals surface area contributed by atoms with Crippen molar-refractivity contribution >= 4 is 49.1 Å². The van der Waals surface area contributed by atoms with Crippen molar-refractivity contribution in [1.29, 1.82) is 0 Å². The molecule has 5 nitrogen and oxygen atoms in total. The van der Waals surface area contributed by atoms with E-state index in [0.29, 0.717) is 10.7 Å². The zero-order valence-electron chi connectivity index (χ0n) is 15.3. The predicted octanol–water partition coefficient (Wildman–Crippen LogP) is 4.93. The smallest absolute Gasteiger partial charge is 0.243 e. The Labute approximate surface area is 183 Å². The number of anilines is 1. The number of halogens is 2. The van der Waals surface area contributed by atoms with Crippen molar-refractivity contribution in [2.45, 2.75) is 11.4 Å². The van der Waals surface area contributed by atoms with Crippen molar-refractivity contribution in [2.24, 2.45) is 0 Å². The molecule has 0 bridgehead atoms. The number of sulfonamides is 1. The topological polar surface area (TPSA) is 66.5 Å². The second-order valence-corrected chi connectivity index (χ2v) is 9.56. The molecule has 0 saturated heterocycles. The third kappa shape index (κ3) is 5.90. The molecule has 0 radical (unpaired) electrons. The summed E-state index contributed by atoms with van der Waals surface area (Å²) >= 11 is 9.27. The maximum Gasteiger partial charge on any atom is 0.243 e. The molecule has 3 rings (SSSR count). The highest BCUT2D eigenvalue weighted by Crippen LogP contribution is 2.20. The molecule has 8 heteroatoms. The van der Waals surface area contributed by atoms with Gasteiger partial charge in [0.1, 0.15) is 0 Å². The van der Waals surface area contributed by atoms with Gasteiger partial charge in [-0.2, -0.15) is 4.31 Å². The molecule has 150 valence electrons. The van der Waals surface area contributed by atoms with E-state index in [4.69, 9.17) is 11.6 Å². The van der Waals surface area contributed by atoms with Gasteiger partial charge in [0.15, 0.2) is 0 Å². The van der Waals surface area contributed by atoms with Crippen LogP contribution in [0, 0.1) is 0 Å². The van der Waals surface area contributed by atoms with Crippen molar-refractivity contribution < 1.29 is 13.2 Å². The minimum atomic E-state index is -3.87. The molecular weight excluding hydrogens is 476 g/mol. The molecule has 0 aliphatic rings. The Bertz CT molecular complexity index is 1090. The van der Waals surface area contributed by atoms with Crippen molar-refractivity contribution in [2.75, 3.05) is 11.9 Å². The van der Waals surface area contributed by atoms with Crippen LogP contribution in [0.3, 0.4) is 0 Å². The van der Waals surface area contributed by atoms with Crippen molar-refractivity contribution in [3.63, 3.8) is 0 Å². The molecule has 0 atom stereocenters. The number of amides is 1. The first-order valence-electron chi connectivity index (χ1n) is 8.70. The van der Waals surface area contributed by atoms with Crippen molar-refractivity contribution in [3.8, 4) is 0 Å². The number of carbonyl (C=O) groups is 1. The summed E-state index contributed by atoms with van der Waals surface area (Å²) in [5.74, 6) is -0.434. The van der Waals surface area contributed by atoms with Gasteiger partial charge in [0.2, 0.25) is 15.9 Å². The highest BCUT2D eigenvalue weighted by molar-refractivity contribution is 9.10. The summed E-state index contributed by atoms with van der Waals surface area (Å²) in [6.45, 7) is -0.285. The molecule has 0 unspecified atom stereocenters. The lowest BCUT2D eigenvalue weighted by molar-refractivity contribution is -0.116. The van der Waals surface area contributed by atoms with E-state index in [1.54, 1.807) is 60.7 Å². The average Bonchev–Trinajstić information content (AvgIpc) is 2.70. The summed E-state index contributed by atoms with van der Waals surface area (Å²) in [5.41, 5.74) is 1.30. The van der Waals surface area contributed by atoms with Crippen molar-refractivity contribution in [3.05, 3.63) is 93.9 Å². The molecule has 0 fully saturated rings. The number of hydrogen-bond donors (Lipinski definition) is 1. The Balaban J connectivity index is 1.85. The van der Waals surface area contributed by atoms with Crippen LogP contribution in [-0.2, 0) is 21.4 Å². The number of hydrogen-bond acceptors (Lipinski definition) is 3. The summed E-state index contributed by atoms with van der Waals surface area (Å²) in [4.78, 5) is 12.7. The molecule has 0 saturated carbocycles. The van der Waals surface area contributed by atoms with Gasteiger partial charge in [-0.3, -0.25) is 4.79 Å². The minimum Gasteiger partial charge on any atom is -0.325 e. The van der Waals surface area contributed by atoms with Crippen LogP contribution in [0.4, 0.5) is 5.69 Å².